The number of nitrogens with one attached hydrogen (secondary N) is 2. The number of anilines is 3. The standard InChI is InChI=1S/C22H15F3N4O2S/c23-15-4-1-3-14(11-15)20-12-21(27-13-26-20)28-16-7-9-17(10-8-16)29-32(30,31)22-18(24)5-2-6-19(22)25/h1-13,29H,(H,26,27,28). The van der Waals surface area contributed by atoms with Gasteiger partial charge in [-0.2, -0.15) is 0 Å². The maximum absolute atomic E-state index is 13.8. The zero-order valence-electron chi connectivity index (χ0n) is 16.3. The Morgan fingerprint density at radius 2 is 1.41 bits per heavy atom. The summed E-state index contributed by atoms with van der Waals surface area (Å²) in [5.41, 5.74) is 1.77. The fourth-order valence-electron chi connectivity index (χ4n) is 2.95. The molecule has 1 aromatic heterocycles. The maximum Gasteiger partial charge on any atom is 0.267 e. The van der Waals surface area contributed by atoms with Gasteiger partial charge in [0.2, 0.25) is 0 Å². The molecule has 0 atom stereocenters. The zero-order chi connectivity index (χ0) is 22.7. The van der Waals surface area contributed by atoms with Crippen LogP contribution in [0.25, 0.3) is 11.3 Å². The molecule has 0 saturated carbocycles. The molecule has 0 spiro atoms. The Labute approximate surface area is 181 Å². The predicted molar refractivity (Wildman–Crippen MR) is 114 cm³/mol. The lowest BCUT2D eigenvalue weighted by molar-refractivity contribution is 0.521. The van der Waals surface area contributed by atoms with Crippen LogP contribution in [0.1, 0.15) is 0 Å². The second-order valence-electron chi connectivity index (χ2n) is 6.66. The first-order chi connectivity index (χ1) is 15.3. The van der Waals surface area contributed by atoms with Gasteiger partial charge in [-0.3, -0.25) is 4.72 Å². The number of benzene rings is 3. The Hall–Kier alpha value is -3.92. The van der Waals surface area contributed by atoms with Gasteiger partial charge in [-0.1, -0.05) is 18.2 Å². The molecular weight excluding hydrogens is 441 g/mol. The number of hydrogen-bond donors (Lipinski definition) is 2. The first kappa shape index (κ1) is 21.3. The van der Waals surface area contributed by atoms with E-state index >= 15 is 0 Å². The SMILES string of the molecule is O=S(=O)(Nc1ccc(Nc2cc(-c3cccc(F)c3)ncn2)cc1)c1c(F)cccc1F. The number of nitrogens with zero attached hydrogens (tertiary/aromatic N) is 2. The van der Waals surface area contributed by atoms with Gasteiger partial charge in [0, 0.05) is 23.0 Å². The highest BCUT2D eigenvalue weighted by molar-refractivity contribution is 7.92. The van der Waals surface area contributed by atoms with E-state index in [9.17, 15) is 21.6 Å². The third-order valence-electron chi connectivity index (χ3n) is 4.38. The van der Waals surface area contributed by atoms with Crippen molar-refractivity contribution in [3.63, 3.8) is 0 Å². The largest absolute Gasteiger partial charge is 0.340 e. The average Bonchev–Trinajstić information content (AvgIpc) is 2.75. The lowest BCUT2D eigenvalue weighted by Gasteiger charge is -2.11. The van der Waals surface area contributed by atoms with Crippen molar-refractivity contribution in [3.05, 3.63) is 96.6 Å². The first-order valence-corrected chi connectivity index (χ1v) is 10.7. The van der Waals surface area contributed by atoms with Crippen LogP contribution in [-0.2, 0) is 10.0 Å². The van der Waals surface area contributed by atoms with Crippen LogP contribution in [0.15, 0.2) is 84.0 Å². The topological polar surface area (TPSA) is 84.0 Å². The molecule has 0 aliphatic heterocycles. The minimum absolute atomic E-state index is 0.112. The van der Waals surface area contributed by atoms with E-state index in [0.717, 1.165) is 18.2 Å². The van der Waals surface area contributed by atoms with Crippen LogP contribution < -0.4 is 10.0 Å². The van der Waals surface area contributed by atoms with Gasteiger partial charge in [0.15, 0.2) is 4.90 Å². The average molecular weight is 456 g/mol. The van der Waals surface area contributed by atoms with Crippen LogP contribution in [0.4, 0.5) is 30.4 Å². The zero-order valence-corrected chi connectivity index (χ0v) is 17.1. The molecule has 162 valence electrons. The number of halogens is 3. The van der Waals surface area contributed by atoms with E-state index in [-0.39, 0.29) is 11.5 Å². The Bertz CT molecular complexity index is 1360. The van der Waals surface area contributed by atoms with E-state index in [4.69, 9.17) is 0 Å². The first-order valence-electron chi connectivity index (χ1n) is 9.24. The maximum atomic E-state index is 13.8. The van der Waals surface area contributed by atoms with Crippen molar-refractivity contribution in [1.82, 2.24) is 9.97 Å². The third kappa shape index (κ3) is 4.70. The number of sulfonamides is 1. The molecule has 10 heteroatoms. The molecule has 4 aromatic rings. The normalized spacial score (nSPS) is 11.2. The Kier molecular flexibility index (Phi) is 5.78. The van der Waals surface area contributed by atoms with Crippen LogP contribution in [0.5, 0.6) is 0 Å². The third-order valence-corrected chi connectivity index (χ3v) is 5.82. The van der Waals surface area contributed by atoms with E-state index in [1.54, 1.807) is 30.3 Å². The summed E-state index contributed by atoms with van der Waals surface area (Å²) in [5, 5.41) is 3.03. The van der Waals surface area contributed by atoms with Crippen LogP contribution in [0.3, 0.4) is 0 Å². The molecule has 4 rings (SSSR count). The second kappa shape index (κ2) is 8.67. The monoisotopic (exact) mass is 456 g/mol. The minimum atomic E-state index is -4.46. The van der Waals surface area contributed by atoms with Crippen molar-refractivity contribution in [2.75, 3.05) is 10.0 Å². The number of rotatable bonds is 6. The second-order valence-corrected chi connectivity index (χ2v) is 8.28. The van der Waals surface area contributed by atoms with Crippen LogP contribution in [0, 0.1) is 17.5 Å². The van der Waals surface area contributed by atoms with E-state index in [2.05, 4.69) is 20.0 Å². The van der Waals surface area contributed by atoms with Gasteiger partial charge in [0.25, 0.3) is 10.0 Å². The summed E-state index contributed by atoms with van der Waals surface area (Å²) in [6, 6.07) is 16.4. The van der Waals surface area contributed by atoms with Crippen molar-refractivity contribution in [2.45, 2.75) is 4.90 Å². The van der Waals surface area contributed by atoms with Crippen LogP contribution in [0.2, 0.25) is 0 Å². The van der Waals surface area contributed by atoms with Crippen molar-refractivity contribution in [2.24, 2.45) is 0 Å². The summed E-state index contributed by atoms with van der Waals surface area (Å²) in [6.45, 7) is 0. The van der Waals surface area contributed by atoms with Crippen molar-refractivity contribution in [1.29, 1.82) is 0 Å². The molecule has 0 fully saturated rings. The van der Waals surface area contributed by atoms with Gasteiger partial charge in [0.05, 0.1) is 5.69 Å². The summed E-state index contributed by atoms with van der Waals surface area (Å²) in [7, 11) is -4.46. The molecule has 2 N–H and O–H groups in total. The molecule has 0 aliphatic rings. The Balaban J connectivity index is 1.51. The van der Waals surface area contributed by atoms with Gasteiger partial charge >= 0.3 is 0 Å². The van der Waals surface area contributed by atoms with E-state index in [1.807, 2.05) is 0 Å². The van der Waals surface area contributed by atoms with Gasteiger partial charge < -0.3 is 5.32 Å². The lowest BCUT2D eigenvalue weighted by Crippen LogP contribution is -2.16. The Morgan fingerprint density at radius 3 is 2.09 bits per heavy atom. The van der Waals surface area contributed by atoms with Crippen LogP contribution >= 0.6 is 0 Å². The highest BCUT2D eigenvalue weighted by Crippen LogP contribution is 2.25. The van der Waals surface area contributed by atoms with Crippen molar-refractivity contribution < 1.29 is 21.6 Å². The Morgan fingerprint density at radius 1 is 0.750 bits per heavy atom. The highest BCUT2D eigenvalue weighted by atomic mass is 32.2. The molecule has 32 heavy (non-hydrogen) atoms. The molecule has 0 unspecified atom stereocenters. The van der Waals surface area contributed by atoms with Crippen LogP contribution in [-0.4, -0.2) is 18.4 Å². The predicted octanol–water partition coefficient (Wildman–Crippen LogP) is 5.11. The molecule has 0 bridgehead atoms. The fraction of sp³-hybridized carbons (Fsp3) is 0. The summed E-state index contributed by atoms with van der Waals surface area (Å²) in [4.78, 5) is 7.20. The molecule has 1 heterocycles. The molecule has 6 nitrogen and oxygen atoms in total. The van der Waals surface area contributed by atoms with E-state index in [1.165, 1.54) is 30.6 Å². The summed E-state index contributed by atoms with van der Waals surface area (Å²) in [6.07, 6.45) is 1.33. The van der Waals surface area contributed by atoms with Gasteiger partial charge in [-0.15, -0.1) is 0 Å². The fourth-order valence-corrected chi connectivity index (χ4v) is 4.14. The lowest BCUT2D eigenvalue weighted by atomic mass is 10.1. The molecule has 0 aliphatic carbocycles. The smallest absolute Gasteiger partial charge is 0.267 e. The van der Waals surface area contributed by atoms with Gasteiger partial charge in [-0.05, 0) is 48.5 Å². The van der Waals surface area contributed by atoms with Gasteiger partial charge in [0.1, 0.15) is 29.6 Å². The summed E-state index contributed by atoms with van der Waals surface area (Å²) < 4.78 is 68.0. The molecule has 0 saturated heterocycles. The molecular formula is C22H15F3N4O2S. The number of hydrogen-bond acceptors (Lipinski definition) is 5. The highest BCUT2D eigenvalue weighted by Gasteiger charge is 2.23. The minimum Gasteiger partial charge on any atom is -0.340 e. The van der Waals surface area contributed by atoms with Crippen molar-refractivity contribution in [3.8, 4) is 11.3 Å². The van der Waals surface area contributed by atoms with Crippen molar-refractivity contribution >= 4 is 27.2 Å². The number of aromatic nitrogens is 2. The van der Waals surface area contributed by atoms with Gasteiger partial charge in [-0.25, -0.2) is 31.6 Å². The van der Waals surface area contributed by atoms with E-state index in [0.29, 0.717) is 22.8 Å². The molecule has 3 aromatic carbocycles. The summed E-state index contributed by atoms with van der Waals surface area (Å²) >= 11 is 0. The quantitative estimate of drug-likeness (QED) is 0.422. The summed E-state index contributed by atoms with van der Waals surface area (Å²) in [5.74, 6) is -2.33. The molecule has 0 radical (unpaired) electrons. The molecule has 0 amide bonds. The van der Waals surface area contributed by atoms with E-state index < -0.39 is 26.6 Å².